The Morgan fingerprint density at radius 2 is 1.56 bits per heavy atom. The molecule has 6 nitrogen and oxygen atoms in total. The van der Waals surface area contributed by atoms with Gasteiger partial charge in [0.05, 0.1) is 0 Å². The van der Waals surface area contributed by atoms with Crippen molar-refractivity contribution in [3.63, 3.8) is 0 Å². The topological polar surface area (TPSA) is 59.1 Å². The van der Waals surface area contributed by atoms with E-state index >= 15 is 0 Å². The van der Waals surface area contributed by atoms with Crippen LogP contribution < -0.4 is 4.74 Å². The van der Waals surface area contributed by atoms with E-state index in [1.165, 1.54) is 0 Å². The van der Waals surface area contributed by atoms with Crippen molar-refractivity contribution in [2.24, 2.45) is 0 Å². The lowest BCUT2D eigenvalue weighted by Crippen LogP contribution is -2.53. The van der Waals surface area contributed by atoms with E-state index in [0.717, 1.165) is 4.47 Å². The van der Waals surface area contributed by atoms with Crippen LogP contribution in [0.25, 0.3) is 0 Å². The van der Waals surface area contributed by atoms with E-state index < -0.39 is 11.7 Å². The first kappa shape index (κ1) is 19.6. The second kappa shape index (κ2) is 8.08. The minimum atomic E-state index is -0.575. The van der Waals surface area contributed by atoms with E-state index in [0.29, 0.717) is 31.9 Å². The molecule has 138 valence electrons. The molecular weight excluding hydrogens is 388 g/mol. The number of hydrogen-bond donors (Lipinski definition) is 0. The molecule has 0 spiro atoms. The van der Waals surface area contributed by atoms with Gasteiger partial charge in [-0.2, -0.15) is 0 Å². The first-order chi connectivity index (χ1) is 11.7. The van der Waals surface area contributed by atoms with Crippen molar-refractivity contribution in [3.05, 3.63) is 28.7 Å². The van der Waals surface area contributed by atoms with E-state index in [1.54, 1.807) is 16.7 Å². The van der Waals surface area contributed by atoms with Crippen LogP contribution >= 0.6 is 15.9 Å². The van der Waals surface area contributed by atoms with E-state index in [4.69, 9.17) is 9.47 Å². The summed E-state index contributed by atoms with van der Waals surface area (Å²) < 4.78 is 12.0. The lowest BCUT2D eigenvalue weighted by atomic mass is 10.2. The molecule has 1 aromatic carbocycles. The summed E-state index contributed by atoms with van der Waals surface area (Å²) in [6.07, 6.45) is -0.909. The highest BCUT2D eigenvalue weighted by atomic mass is 79.9. The Bertz CT molecular complexity index is 604. The summed E-state index contributed by atoms with van der Waals surface area (Å²) in [4.78, 5) is 28.0. The van der Waals surface area contributed by atoms with Crippen LogP contribution in [0.4, 0.5) is 4.79 Å². The molecule has 7 heteroatoms. The first-order valence-electron chi connectivity index (χ1n) is 8.34. The molecule has 1 saturated heterocycles. The maximum absolute atomic E-state index is 12.5. The molecule has 1 aliphatic heterocycles. The third kappa shape index (κ3) is 5.92. The fraction of sp³-hybridized carbons (Fsp3) is 0.556. The Balaban J connectivity index is 1.84. The SMILES string of the molecule is C[C@@H](Oc1ccc(Br)cc1)C(=O)N1CCN(C(=O)OC(C)(C)C)CC1. The summed E-state index contributed by atoms with van der Waals surface area (Å²) in [5, 5.41) is 0. The Morgan fingerprint density at radius 1 is 1.04 bits per heavy atom. The maximum atomic E-state index is 12.5. The highest BCUT2D eigenvalue weighted by molar-refractivity contribution is 9.10. The van der Waals surface area contributed by atoms with Crippen molar-refractivity contribution < 1.29 is 19.1 Å². The van der Waals surface area contributed by atoms with Gasteiger partial charge in [0.2, 0.25) is 0 Å². The highest BCUT2D eigenvalue weighted by Crippen LogP contribution is 2.18. The van der Waals surface area contributed by atoms with Crippen LogP contribution in [-0.4, -0.2) is 59.7 Å². The van der Waals surface area contributed by atoms with Gasteiger partial charge in [-0.1, -0.05) is 15.9 Å². The minimum absolute atomic E-state index is 0.0771. The predicted octanol–water partition coefficient (Wildman–Crippen LogP) is 3.30. The number of hydrogen-bond acceptors (Lipinski definition) is 4. The second-order valence-corrected chi connectivity index (χ2v) is 7.92. The lowest BCUT2D eigenvalue weighted by molar-refractivity contribution is -0.139. The molecule has 0 N–H and O–H groups in total. The van der Waals surface area contributed by atoms with E-state index in [2.05, 4.69) is 15.9 Å². The van der Waals surface area contributed by atoms with Crippen LogP contribution in [0.3, 0.4) is 0 Å². The Hall–Kier alpha value is -1.76. The number of carbonyl (C=O) groups excluding carboxylic acids is 2. The van der Waals surface area contributed by atoms with Gasteiger partial charge in [0.15, 0.2) is 6.10 Å². The average Bonchev–Trinajstić information content (AvgIpc) is 2.55. The summed E-state index contributed by atoms with van der Waals surface area (Å²) in [5.74, 6) is 0.572. The monoisotopic (exact) mass is 412 g/mol. The molecule has 0 radical (unpaired) electrons. The maximum Gasteiger partial charge on any atom is 0.410 e. The number of ether oxygens (including phenoxy) is 2. The van der Waals surface area contributed by atoms with E-state index in [9.17, 15) is 9.59 Å². The fourth-order valence-electron chi connectivity index (χ4n) is 2.46. The Kier molecular flexibility index (Phi) is 6.32. The molecule has 0 aliphatic carbocycles. The minimum Gasteiger partial charge on any atom is -0.481 e. The molecule has 2 rings (SSSR count). The third-order valence-electron chi connectivity index (χ3n) is 3.72. The quantitative estimate of drug-likeness (QED) is 0.763. The molecule has 0 bridgehead atoms. The number of amides is 2. The molecule has 1 fully saturated rings. The van der Waals surface area contributed by atoms with Gasteiger partial charge in [0.25, 0.3) is 5.91 Å². The van der Waals surface area contributed by atoms with Crippen molar-refractivity contribution >= 4 is 27.9 Å². The second-order valence-electron chi connectivity index (χ2n) is 7.01. The molecule has 0 unspecified atom stereocenters. The van der Waals surface area contributed by atoms with Gasteiger partial charge in [-0.15, -0.1) is 0 Å². The lowest BCUT2D eigenvalue weighted by Gasteiger charge is -2.36. The molecule has 1 aliphatic rings. The van der Waals surface area contributed by atoms with Crippen molar-refractivity contribution in [3.8, 4) is 5.75 Å². The van der Waals surface area contributed by atoms with Gasteiger partial charge < -0.3 is 19.3 Å². The number of rotatable bonds is 3. The summed E-state index contributed by atoms with van der Waals surface area (Å²) in [6, 6.07) is 7.36. The largest absolute Gasteiger partial charge is 0.481 e. The molecule has 0 aromatic heterocycles. The first-order valence-corrected chi connectivity index (χ1v) is 9.14. The van der Waals surface area contributed by atoms with Gasteiger partial charge in [-0.05, 0) is 52.0 Å². The predicted molar refractivity (Wildman–Crippen MR) is 98.6 cm³/mol. The van der Waals surface area contributed by atoms with Crippen molar-refractivity contribution in [1.29, 1.82) is 0 Å². The standard InChI is InChI=1S/C18H25BrN2O4/c1-13(24-15-7-5-14(19)6-8-15)16(22)20-9-11-21(12-10-20)17(23)25-18(2,3)4/h5-8,13H,9-12H2,1-4H3/t13-/m1/s1. The van der Waals surface area contributed by atoms with Crippen LogP contribution in [-0.2, 0) is 9.53 Å². The number of halogens is 1. The van der Waals surface area contributed by atoms with Crippen molar-refractivity contribution in [1.82, 2.24) is 9.80 Å². The van der Waals surface area contributed by atoms with Gasteiger partial charge in [0.1, 0.15) is 11.4 Å². The number of nitrogens with zero attached hydrogens (tertiary/aromatic N) is 2. The Morgan fingerprint density at radius 3 is 2.08 bits per heavy atom. The molecule has 2 amide bonds. The Labute approximate surface area is 157 Å². The van der Waals surface area contributed by atoms with Crippen LogP contribution in [0, 0.1) is 0 Å². The zero-order chi connectivity index (χ0) is 18.6. The zero-order valence-corrected chi connectivity index (χ0v) is 16.7. The van der Waals surface area contributed by atoms with Gasteiger partial charge in [0, 0.05) is 30.7 Å². The molecule has 0 saturated carbocycles. The van der Waals surface area contributed by atoms with Crippen LogP contribution in [0.2, 0.25) is 0 Å². The molecule has 25 heavy (non-hydrogen) atoms. The summed E-state index contributed by atoms with van der Waals surface area (Å²) in [5.41, 5.74) is -0.517. The fourth-order valence-corrected chi connectivity index (χ4v) is 2.73. The number of carbonyl (C=O) groups is 2. The number of piperazine rings is 1. The molecule has 1 heterocycles. The van der Waals surface area contributed by atoms with Crippen molar-refractivity contribution in [2.45, 2.75) is 39.4 Å². The van der Waals surface area contributed by atoms with Crippen LogP contribution in [0.15, 0.2) is 28.7 Å². The average molecular weight is 413 g/mol. The van der Waals surface area contributed by atoms with E-state index in [-0.39, 0.29) is 12.0 Å². The van der Waals surface area contributed by atoms with Gasteiger partial charge >= 0.3 is 6.09 Å². The molecule has 1 atom stereocenters. The van der Waals surface area contributed by atoms with E-state index in [1.807, 2.05) is 45.0 Å². The molecular formula is C18H25BrN2O4. The van der Waals surface area contributed by atoms with Crippen molar-refractivity contribution in [2.75, 3.05) is 26.2 Å². The summed E-state index contributed by atoms with van der Waals surface area (Å²) in [6.45, 7) is 9.14. The van der Waals surface area contributed by atoms with Crippen LogP contribution in [0.5, 0.6) is 5.75 Å². The van der Waals surface area contributed by atoms with Crippen LogP contribution in [0.1, 0.15) is 27.7 Å². The highest BCUT2D eigenvalue weighted by Gasteiger charge is 2.30. The van der Waals surface area contributed by atoms with Gasteiger partial charge in [-0.25, -0.2) is 4.79 Å². The normalized spacial score (nSPS) is 16.4. The smallest absolute Gasteiger partial charge is 0.410 e. The van der Waals surface area contributed by atoms with Gasteiger partial charge in [-0.3, -0.25) is 4.79 Å². The summed E-state index contributed by atoms with van der Waals surface area (Å²) in [7, 11) is 0. The summed E-state index contributed by atoms with van der Waals surface area (Å²) >= 11 is 3.37. The molecule has 1 aromatic rings. The number of benzene rings is 1. The zero-order valence-electron chi connectivity index (χ0n) is 15.1. The third-order valence-corrected chi connectivity index (χ3v) is 4.25.